The fourth-order valence-electron chi connectivity index (χ4n) is 3.22. The molecule has 1 saturated heterocycles. The van der Waals surface area contributed by atoms with E-state index in [2.05, 4.69) is 21.3 Å². The molecule has 1 aromatic heterocycles. The molecular weight excluding hydrogens is 262 g/mol. The van der Waals surface area contributed by atoms with Crippen molar-refractivity contribution in [2.45, 2.75) is 26.7 Å². The summed E-state index contributed by atoms with van der Waals surface area (Å²) in [5.74, 6) is 1.24. The second kappa shape index (κ2) is 5.93. The first-order valence-corrected chi connectivity index (χ1v) is 8.15. The van der Waals surface area contributed by atoms with E-state index in [1.165, 1.54) is 19.4 Å². The number of aromatic nitrogens is 1. The van der Waals surface area contributed by atoms with Crippen LogP contribution >= 0.6 is 0 Å². The lowest BCUT2D eigenvalue weighted by molar-refractivity contribution is 0.0846. The highest BCUT2D eigenvalue weighted by molar-refractivity contribution is 5.99. The van der Waals surface area contributed by atoms with Gasteiger partial charge in [-0.15, -0.1) is 0 Å². The van der Waals surface area contributed by atoms with E-state index in [0.717, 1.165) is 49.0 Å². The number of hydrogen-bond donors (Lipinski definition) is 0. The van der Waals surface area contributed by atoms with Gasteiger partial charge in [0.05, 0.1) is 6.54 Å². The van der Waals surface area contributed by atoms with E-state index in [1.54, 1.807) is 0 Å². The summed E-state index contributed by atoms with van der Waals surface area (Å²) in [7, 11) is 2.03. The zero-order valence-electron chi connectivity index (χ0n) is 13.6. The largest absolute Gasteiger partial charge is 0.351 e. The number of ketones is 1. The van der Waals surface area contributed by atoms with Crippen LogP contribution in [0.2, 0.25) is 0 Å². The van der Waals surface area contributed by atoms with Gasteiger partial charge in [-0.2, -0.15) is 0 Å². The van der Waals surface area contributed by atoms with Crippen LogP contribution in [0.1, 0.15) is 34.6 Å². The normalized spacial score (nSPS) is 20.9. The minimum atomic E-state index is 0.270. The van der Waals surface area contributed by atoms with E-state index in [-0.39, 0.29) is 5.78 Å². The van der Waals surface area contributed by atoms with Crippen molar-refractivity contribution >= 4 is 5.78 Å². The Morgan fingerprint density at radius 3 is 2.29 bits per heavy atom. The average molecular weight is 289 g/mol. The van der Waals surface area contributed by atoms with Crippen molar-refractivity contribution in [3.8, 4) is 0 Å². The number of aryl methyl sites for hydroxylation is 1. The molecular formula is C17H27N3O. The summed E-state index contributed by atoms with van der Waals surface area (Å²) in [6, 6.07) is 2.03. The highest BCUT2D eigenvalue weighted by Gasteiger charge is 2.27. The van der Waals surface area contributed by atoms with E-state index in [1.807, 2.05) is 20.0 Å². The Hall–Kier alpha value is -1.13. The van der Waals surface area contributed by atoms with Gasteiger partial charge >= 0.3 is 0 Å². The Bertz CT molecular complexity index is 522. The summed E-state index contributed by atoms with van der Waals surface area (Å²) in [4.78, 5) is 17.4. The Kier molecular flexibility index (Phi) is 4.18. The average Bonchev–Trinajstić information content (AvgIpc) is 3.24. The summed E-state index contributed by atoms with van der Waals surface area (Å²) in [5.41, 5.74) is 3.14. The summed E-state index contributed by atoms with van der Waals surface area (Å²) in [6.45, 7) is 10.2. The standard InChI is InChI=1S/C17H27N3O/c1-13-10-16(14(2)18(13)3)17(21)12-20-8-6-19(7-9-20)11-15-4-5-15/h10,15H,4-9,11-12H2,1-3H3. The van der Waals surface area contributed by atoms with E-state index in [0.29, 0.717) is 6.54 Å². The third kappa shape index (κ3) is 3.38. The number of rotatable bonds is 5. The molecule has 3 rings (SSSR count). The molecule has 0 radical (unpaired) electrons. The van der Waals surface area contributed by atoms with E-state index >= 15 is 0 Å². The zero-order chi connectivity index (χ0) is 15.0. The molecule has 0 spiro atoms. The third-order valence-electron chi connectivity index (χ3n) is 5.12. The lowest BCUT2D eigenvalue weighted by Crippen LogP contribution is -2.48. The smallest absolute Gasteiger partial charge is 0.178 e. The Labute approximate surface area is 127 Å². The maximum absolute atomic E-state index is 12.5. The van der Waals surface area contributed by atoms with Crippen molar-refractivity contribution in [1.82, 2.24) is 14.4 Å². The van der Waals surface area contributed by atoms with Crippen molar-refractivity contribution in [3.05, 3.63) is 23.0 Å². The monoisotopic (exact) mass is 289 g/mol. The van der Waals surface area contributed by atoms with Gasteiger partial charge in [-0.05, 0) is 38.7 Å². The first-order valence-electron chi connectivity index (χ1n) is 8.15. The molecule has 0 aromatic carbocycles. The molecule has 1 aliphatic carbocycles. The fraction of sp³-hybridized carbons (Fsp3) is 0.706. The molecule has 2 heterocycles. The van der Waals surface area contributed by atoms with Crippen LogP contribution in [-0.4, -0.2) is 59.4 Å². The SMILES string of the molecule is Cc1cc(C(=O)CN2CCN(CC3CC3)CC2)c(C)n1C. The molecule has 0 unspecified atom stereocenters. The van der Waals surface area contributed by atoms with Crippen LogP contribution in [-0.2, 0) is 7.05 Å². The highest BCUT2D eigenvalue weighted by atomic mass is 16.1. The summed E-state index contributed by atoms with van der Waals surface area (Å²) < 4.78 is 2.10. The lowest BCUT2D eigenvalue weighted by Gasteiger charge is -2.34. The van der Waals surface area contributed by atoms with Gasteiger partial charge in [-0.1, -0.05) is 0 Å². The molecule has 0 atom stereocenters. The van der Waals surface area contributed by atoms with Crippen LogP contribution in [0.25, 0.3) is 0 Å². The molecule has 4 heteroatoms. The van der Waals surface area contributed by atoms with Crippen molar-refractivity contribution < 1.29 is 4.79 Å². The molecule has 2 fully saturated rings. The second-order valence-electron chi connectivity index (χ2n) is 6.79. The molecule has 0 N–H and O–H groups in total. The molecule has 1 aromatic rings. The van der Waals surface area contributed by atoms with Crippen molar-refractivity contribution in [2.75, 3.05) is 39.3 Å². The maximum Gasteiger partial charge on any atom is 0.178 e. The summed E-state index contributed by atoms with van der Waals surface area (Å²) >= 11 is 0. The van der Waals surface area contributed by atoms with E-state index in [9.17, 15) is 4.79 Å². The van der Waals surface area contributed by atoms with Gasteiger partial charge in [0.1, 0.15) is 0 Å². The molecule has 2 aliphatic rings. The lowest BCUT2D eigenvalue weighted by atomic mass is 10.1. The molecule has 21 heavy (non-hydrogen) atoms. The molecule has 1 saturated carbocycles. The fourth-order valence-corrected chi connectivity index (χ4v) is 3.22. The molecule has 0 bridgehead atoms. The van der Waals surface area contributed by atoms with Gasteiger partial charge in [-0.25, -0.2) is 0 Å². The molecule has 0 amide bonds. The van der Waals surface area contributed by atoms with Crippen LogP contribution in [0.3, 0.4) is 0 Å². The maximum atomic E-state index is 12.5. The van der Waals surface area contributed by atoms with Gasteiger partial charge in [0.15, 0.2) is 5.78 Å². The highest BCUT2D eigenvalue weighted by Crippen LogP contribution is 2.29. The van der Waals surface area contributed by atoms with Gasteiger partial charge in [0, 0.05) is 56.7 Å². The minimum absolute atomic E-state index is 0.270. The number of hydrogen-bond acceptors (Lipinski definition) is 3. The predicted molar refractivity (Wildman–Crippen MR) is 84.8 cm³/mol. The number of carbonyl (C=O) groups excluding carboxylic acids is 1. The van der Waals surface area contributed by atoms with Crippen LogP contribution in [0.4, 0.5) is 0 Å². The van der Waals surface area contributed by atoms with Gasteiger partial charge in [0.25, 0.3) is 0 Å². The Morgan fingerprint density at radius 2 is 1.76 bits per heavy atom. The third-order valence-corrected chi connectivity index (χ3v) is 5.12. The van der Waals surface area contributed by atoms with E-state index < -0.39 is 0 Å². The van der Waals surface area contributed by atoms with Crippen molar-refractivity contribution in [3.63, 3.8) is 0 Å². The molecule has 1 aliphatic heterocycles. The summed E-state index contributed by atoms with van der Waals surface area (Å²) in [6.07, 6.45) is 2.84. The first kappa shape index (κ1) is 14.8. The summed E-state index contributed by atoms with van der Waals surface area (Å²) in [5, 5.41) is 0. The molecule has 116 valence electrons. The van der Waals surface area contributed by atoms with Crippen LogP contribution in [0, 0.1) is 19.8 Å². The second-order valence-corrected chi connectivity index (χ2v) is 6.79. The van der Waals surface area contributed by atoms with Crippen LogP contribution in [0.5, 0.6) is 0 Å². The Balaban J connectivity index is 1.52. The van der Waals surface area contributed by atoms with Crippen molar-refractivity contribution in [1.29, 1.82) is 0 Å². The van der Waals surface area contributed by atoms with Gasteiger partial charge in [0.2, 0.25) is 0 Å². The topological polar surface area (TPSA) is 28.5 Å². The van der Waals surface area contributed by atoms with Crippen LogP contribution < -0.4 is 0 Å². The van der Waals surface area contributed by atoms with Gasteiger partial charge in [-0.3, -0.25) is 9.69 Å². The van der Waals surface area contributed by atoms with Crippen LogP contribution in [0.15, 0.2) is 6.07 Å². The number of Topliss-reactive ketones (excluding diaryl/α,β-unsaturated/α-hetero) is 1. The van der Waals surface area contributed by atoms with Crippen molar-refractivity contribution in [2.24, 2.45) is 13.0 Å². The number of carbonyl (C=O) groups is 1. The number of nitrogens with zero attached hydrogens (tertiary/aromatic N) is 3. The predicted octanol–water partition coefficient (Wildman–Crippen LogP) is 1.85. The van der Waals surface area contributed by atoms with Gasteiger partial charge < -0.3 is 9.47 Å². The number of piperazine rings is 1. The minimum Gasteiger partial charge on any atom is -0.351 e. The molecule has 4 nitrogen and oxygen atoms in total. The van der Waals surface area contributed by atoms with E-state index in [4.69, 9.17) is 0 Å². The zero-order valence-corrected chi connectivity index (χ0v) is 13.6. The Morgan fingerprint density at radius 1 is 1.14 bits per heavy atom. The first-order chi connectivity index (χ1) is 10.0. The quantitative estimate of drug-likeness (QED) is 0.775.